The van der Waals surface area contributed by atoms with E-state index in [-0.39, 0.29) is 18.3 Å². The van der Waals surface area contributed by atoms with E-state index in [1.807, 2.05) is 13.8 Å². The predicted molar refractivity (Wildman–Crippen MR) is 116 cm³/mol. The van der Waals surface area contributed by atoms with E-state index in [9.17, 15) is 19.2 Å². The van der Waals surface area contributed by atoms with Gasteiger partial charge in [-0.15, -0.1) is 0 Å². The third kappa shape index (κ3) is 5.20. The smallest absolute Gasteiger partial charge is 0.332 e. The van der Waals surface area contributed by atoms with Gasteiger partial charge in [-0.2, -0.15) is 0 Å². The molecule has 2 rings (SSSR count). The van der Waals surface area contributed by atoms with Crippen molar-refractivity contribution in [2.75, 3.05) is 12.3 Å². The molecule has 0 radical (unpaired) electrons. The first-order valence-corrected chi connectivity index (χ1v) is 9.71. The Balaban J connectivity index is 2.21. The highest BCUT2D eigenvalue weighted by Gasteiger charge is 2.22. The summed E-state index contributed by atoms with van der Waals surface area (Å²) < 4.78 is 6.86. The highest BCUT2D eigenvalue weighted by Crippen LogP contribution is 2.25. The fourth-order valence-corrected chi connectivity index (χ4v) is 3.19. The Hall–Kier alpha value is -2.84. The number of esters is 1. The molecule has 30 heavy (non-hydrogen) atoms. The Morgan fingerprint density at radius 2 is 1.80 bits per heavy atom. The summed E-state index contributed by atoms with van der Waals surface area (Å²) >= 11 is 12.0. The van der Waals surface area contributed by atoms with Crippen LogP contribution in [0.2, 0.25) is 10.0 Å². The monoisotopic (exact) mass is 453 g/mol. The molecule has 0 unspecified atom stereocenters. The number of benzene rings is 1. The topological polar surface area (TPSA) is 113 Å². The van der Waals surface area contributed by atoms with Crippen LogP contribution >= 0.6 is 23.2 Å². The van der Waals surface area contributed by atoms with Crippen molar-refractivity contribution in [1.29, 1.82) is 0 Å². The van der Waals surface area contributed by atoms with E-state index in [0.29, 0.717) is 15.6 Å². The van der Waals surface area contributed by atoms with Crippen molar-refractivity contribution in [3.8, 4) is 0 Å². The van der Waals surface area contributed by atoms with Gasteiger partial charge in [0.05, 0.1) is 0 Å². The average Bonchev–Trinajstić information content (AvgIpc) is 2.67. The minimum absolute atomic E-state index is 0.0463. The number of ketones is 1. The number of anilines is 1. The summed E-state index contributed by atoms with van der Waals surface area (Å²) in [6.45, 7) is 3.22. The first-order valence-electron chi connectivity index (χ1n) is 8.96. The molecule has 0 aliphatic heterocycles. The molecule has 8 nitrogen and oxygen atoms in total. The number of halogens is 2. The molecule has 1 aromatic heterocycles. The lowest BCUT2D eigenvalue weighted by atomic mass is 10.1. The molecule has 160 valence electrons. The standard InChI is InChI=1S/C20H21Cl2N3O5/c1-11(2)9-25-18(23)17(19(28)24(3)20(25)29)15(26)10-30-16(27)8-7-12-13(21)5-4-6-14(12)22/h4-8,11H,9-10,23H2,1-3H3/b8-7+. The molecule has 0 bridgehead atoms. The van der Waals surface area contributed by atoms with Gasteiger partial charge in [0.1, 0.15) is 11.4 Å². The zero-order valence-electron chi connectivity index (χ0n) is 16.6. The summed E-state index contributed by atoms with van der Waals surface area (Å²) in [5.74, 6) is -1.87. The molecule has 0 saturated carbocycles. The number of nitrogens with zero attached hydrogens (tertiary/aromatic N) is 2. The number of hydrogen-bond donors (Lipinski definition) is 1. The number of Topliss-reactive ketones (excluding diaryl/α,β-unsaturated/α-hetero) is 1. The molecule has 0 fully saturated rings. The van der Waals surface area contributed by atoms with Crippen LogP contribution in [-0.4, -0.2) is 27.5 Å². The second-order valence-corrected chi connectivity index (χ2v) is 7.73. The summed E-state index contributed by atoms with van der Waals surface area (Å²) in [5.41, 5.74) is 4.47. The SMILES string of the molecule is CC(C)Cn1c(N)c(C(=O)COC(=O)/C=C/c2c(Cl)cccc2Cl)c(=O)n(C)c1=O. The molecule has 0 aliphatic rings. The molecular weight excluding hydrogens is 433 g/mol. The summed E-state index contributed by atoms with van der Waals surface area (Å²) in [6.07, 6.45) is 2.41. The molecular formula is C20H21Cl2N3O5. The molecule has 2 N–H and O–H groups in total. The van der Waals surface area contributed by atoms with E-state index in [2.05, 4.69) is 0 Å². The van der Waals surface area contributed by atoms with E-state index in [1.165, 1.54) is 13.1 Å². The molecule has 1 heterocycles. The van der Waals surface area contributed by atoms with Gasteiger partial charge < -0.3 is 10.5 Å². The third-order valence-corrected chi connectivity index (χ3v) is 4.80. The number of ether oxygens (including phenoxy) is 1. The van der Waals surface area contributed by atoms with Gasteiger partial charge in [-0.05, 0) is 24.1 Å². The van der Waals surface area contributed by atoms with Crippen LogP contribution in [0.5, 0.6) is 0 Å². The van der Waals surface area contributed by atoms with Crippen molar-refractivity contribution >= 4 is 46.8 Å². The number of rotatable bonds is 7. The van der Waals surface area contributed by atoms with Gasteiger partial charge >= 0.3 is 11.7 Å². The number of carbonyl (C=O) groups is 2. The number of hydrogen-bond acceptors (Lipinski definition) is 6. The Bertz CT molecular complexity index is 1110. The predicted octanol–water partition coefficient (Wildman–Crippen LogP) is 2.53. The second-order valence-electron chi connectivity index (χ2n) is 6.91. The molecule has 2 aromatic rings. The molecule has 10 heteroatoms. The summed E-state index contributed by atoms with van der Waals surface area (Å²) in [7, 11) is 1.25. The van der Waals surface area contributed by atoms with Crippen molar-refractivity contribution in [3.05, 3.63) is 66.3 Å². The van der Waals surface area contributed by atoms with Gasteiger partial charge in [0.15, 0.2) is 6.61 Å². The summed E-state index contributed by atoms with van der Waals surface area (Å²) in [6, 6.07) is 4.86. The van der Waals surface area contributed by atoms with E-state index < -0.39 is 35.2 Å². The van der Waals surface area contributed by atoms with Gasteiger partial charge in [0, 0.05) is 35.3 Å². The van der Waals surface area contributed by atoms with Crippen LogP contribution in [0.1, 0.15) is 29.8 Å². The lowest BCUT2D eigenvalue weighted by Crippen LogP contribution is -2.43. The van der Waals surface area contributed by atoms with Crippen LogP contribution in [-0.2, 0) is 23.1 Å². The fourth-order valence-electron chi connectivity index (χ4n) is 2.67. The molecule has 0 spiro atoms. The van der Waals surface area contributed by atoms with Gasteiger partial charge in [0.25, 0.3) is 5.56 Å². The maximum absolute atomic E-state index is 12.5. The van der Waals surface area contributed by atoms with E-state index >= 15 is 0 Å². The maximum atomic E-state index is 12.5. The minimum atomic E-state index is -0.850. The maximum Gasteiger partial charge on any atom is 0.332 e. The Morgan fingerprint density at radius 1 is 1.20 bits per heavy atom. The fraction of sp³-hybridized carbons (Fsp3) is 0.300. The highest BCUT2D eigenvalue weighted by atomic mass is 35.5. The molecule has 0 amide bonds. The van der Waals surface area contributed by atoms with Gasteiger partial charge in [-0.3, -0.25) is 18.7 Å². The van der Waals surface area contributed by atoms with Crippen molar-refractivity contribution in [2.45, 2.75) is 20.4 Å². The first-order chi connectivity index (χ1) is 14.0. The van der Waals surface area contributed by atoms with Crippen molar-refractivity contribution in [3.63, 3.8) is 0 Å². The second kappa shape index (κ2) is 9.77. The summed E-state index contributed by atoms with van der Waals surface area (Å²) in [4.78, 5) is 49.1. The van der Waals surface area contributed by atoms with E-state index in [1.54, 1.807) is 18.2 Å². The van der Waals surface area contributed by atoms with E-state index in [4.69, 9.17) is 33.7 Å². The lowest BCUT2D eigenvalue weighted by Gasteiger charge is -2.16. The summed E-state index contributed by atoms with van der Waals surface area (Å²) in [5, 5.41) is 0.678. The number of nitrogen functional groups attached to an aromatic ring is 1. The molecule has 0 saturated heterocycles. The normalized spacial score (nSPS) is 11.3. The molecule has 1 aromatic carbocycles. The average molecular weight is 454 g/mol. The Morgan fingerprint density at radius 3 is 2.37 bits per heavy atom. The number of nitrogens with two attached hydrogens (primary N) is 1. The van der Waals surface area contributed by atoms with Gasteiger partial charge in [0.2, 0.25) is 5.78 Å². The minimum Gasteiger partial charge on any atom is -0.454 e. The van der Waals surface area contributed by atoms with Gasteiger partial charge in [-0.1, -0.05) is 43.1 Å². The Kier molecular flexibility index (Phi) is 7.64. The quantitative estimate of drug-likeness (QED) is 0.391. The van der Waals surface area contributed by atoms with Crippen molar-refractivity contribution in [1.82, 2.24) is 9.13 Å². The first kappa shape index (κ1) is 23.4. The number of aromatic nitrogens is 2. The van der Waals surface area contributed by atoms with Gasteiger partial charge in [-0.25, -0.2) is 9.59 Å². The zero-order chi connectivity index (χ0) is 22.6. The zero-order valence-corrected chi connectivity index (χ0v) is 18.2. The van der Waals surface area contributed by atoms with Crippen LogP contribution in [0.4, 0.5) is 5.82 Å². The van der Waals surface area contributed by atoms with Crippen LogP contribution in [0.15, 0.2) is 33.9 Å². The molecule has 0 aliphatic carbocycles. The van der Waals surface area contributed by atoms with Crippen LogP contribution in [0.25, 0.3) is 6.08 Å². The van der Waals surface area contributed by atoms with Crippen LogP contribution in [0, 0.1) is 5.92 Å². The third-order valence-electron chi connectivity index (χ3n) is 4.14. The lowest BCUT2D eigenvalue weighted by molar-refractivity contribution is -0.136. The largest absolute Gasteiger partial charge is 0.454 e. The highest BCUT2D eigenvalue weighted by molar-refractivity contribution is 6.37. The van der Waals surface area contributed by atoms with Crippen LogP contribution in [0.3, 0.4) is 0 Å². The van der Waals surface area contributed by atoms with E-state index in [0.717, 1.165) is 15.2 Å². The number of carbonyl (C=O) groups excluding carboxylic acids is 2. The van der Waals surface area contributed by atoms with Crippen molar-refractivity contribution in [2.24, 2.45) is 13.0 Å². The van der Waals surface area contributed by atoms with Crippen molar-refractivity contribution < 1.29 is 14.3 Å². The van der Waals surface area contributed by atoms with Crippen LogP contribution < -0.4 is 17.0 Å². The Labute approximate surface area is 182 Å². The molecule has 0 atom stereocenters.